The highest BCUT2D eigenvalue weighted by molar-refractivity contribution is 5.88. The molecule has 3 heterocycles. The van der Waals surface area contributed by atoms with Crippen molar-refractivity contribution >= 4 is 11.0 Å². The largest absolute Gasteiger partial charge is 0.508 e. The number of aliphatic hydroxyl groups is 7. The number of aliphatic hydroxyl groups excluding tert-OH is 7. The van der Waals surface area contributed by atoms with Crippen LogP contribution in [0.15, 0.2) is 39.5 Å². The second-order valence-electron chi connectivity index (χ2n) is 10.2. The van der Waals surface area contributed by atoms with Crippen molar-refractivity contribution in [2.45, 2.75) is 68.3 Å². The number of phenolic OH excluding ortho intramolecular Hbond substituents is 3. The van der Waals surface area contributed by atoms with Gasteiger partial charge in [-0.05, 0) is 25.1 Å². The highest BCUT2D eigenvalue weighted by Gasteiger charge is 2.46. The molecule has 0 amide bonds. The van der Waals surface area contributed by atoms with Gasteiger partial charge in [0.1, 0.15) is 65.2 Å². The van der Waals surface area contributed by atoms with E-state index in [1.54, 1.807) is 0 Å². The van der Waals surface area contributed by atoms with Crippen LogP contribution < -0.4 is 14.9 Å². The van der Waals surface area contributed by atoms with Crippen molar-refractivity contribution in [2.24, 2.45) is 0 Å². The van der Waals surface area contributed by atoms with Gasteiger partial charge in [-0.1, -0.05) is 0 Å². The van der Waals surface area contributed by atoms with E-state index in [-0.39, 0.29) is 16.9 Å². The molecule has 10 N–H and O–H groups in total. The minimum absolute atomic E-state index is 0.0250. The molecule has 2 fully saturated rings. The summed E-state index contributed by atoms with van der Waals surface area (Å²) in [5.74, 6) is -3.12. The monoisotopic (exact) mass is 610 g/mol. The van der Waals surface area contributed by atoms with Crippen LogP contribution in [0.4, 0.5) is 0 Å². The number of hydrogen-bond donors (Lipinski definition) is 10. The van der Waals surface area contributed by atoms with E-state index in [0.717, 1.165) is 24.3 Å². The number of rotatable bonds is 6. The van der Waals surface area contributed by atoms with Gasteiger partial charge < -0.3 is 74.4 Å². The molecule has 234 valence electrons. The predicted molar refractivity (Wildman–Crippen MR) is 140 cm³/mol. The summed E-state index contributed by atoms with van der Waals surface area (Å²) in [5, 5.41) is 101. The van der Waals surface area contributed by atoms with Crippen LogP contribution in [0.25, 0.3) is 22.3 Å². The molecule has 2 unspecified atom stereocenters. The first kappa shape index (κ1) is 30.7. The van der Waals surface area contributed by atoms with Crippen molar-refractivity contribution in [3.05, 3.63) is 40.6 Å². The van der Waals surface area contributed by atoms with Gasteiger partial charge in [-0.2, -0.15) is 0 Å². The van der Waals surface area contributed by atoms with Gasteiger partial charge in [-0.15, -0.1) is 0 Å². The fourth-order valence-corrected chi connectivity index (χ4v) is 4.82. The van der Waals surface area contributed by atoms with E-state index in [4.69, 9.17) is 23.4 Å². The number of aromatic hydroxyl groups is 3. The Hall–Kier alpha value is -3.71. The molecule has 3 aromatic rings. The predicted octanol–water partition coefficient (Wildman–Crippen LogP) is -2.04. The summed E-state index contributed by atoms with van der Waals surface area (Å²) >= 11 is 0. The van der Waals surface area contributed by atoms with Gasteiger partial charge in [-0.25, -0.2) is 0 Å². The third-order valence-corrected chi connectivity index (χ3v) is 7.27. The van der Waals surface area contributed by atoms with E-state index in [1.807, 2.05) is 0 Å². The first-order valence-electron chi connectivity index (χ1n) is 13.0. The molecule has 2 saturated heterocycles. The summed E-state index contributed by atoms with van der Waals surface area (Å²) in [6.45, 7) is 0.615. The zero-order valence-electron chi connectivity index (χ0n) is 22.3. The molecule has 43 heavy (non-hydrogen) atoms. The minimum atomic E-state index is -1.88. The summed E-state index contributed by atoms with van der Waals surface area (Å²) in [6, 6.07) is 5.34. The van der Waals surface area contributed by atoms with Crippen LogP contribution in [0, 0.1) is 0 Å². The Labute approximate surface area is 241 Å². The molecule has 16 nitrogen and oxygen atoms in total. The van der Waals surface area contributed by atoms with Crippen molar-refractivity contribution in [3.8, 4) is 40.1 Å². The van der Waals surface area contributed by atoms with E-state index in [1.165, 1.54) is 13.0 Å². The highest BCUT2D eigenvalue weighted by atomic mass is 16.7. The minimum Gasteiger partial charge on any atom is -0.508 e. The molecule has 0 bridgehead atoms. The molecule has 2 aromatic carbocycles. The first-order valence-corrected chi connectivity index (χ1v) is 13.0. The molecule has 10 atom stereocenters. The molecule has 0 radical (unpaired) electrons. The zero-order valence-corrected chi connectivity index (χ0v) is 22.3. The van der Waals surface area contributed by atoms with E-state index in [9.17, 15) is 55.9 Å². The Kier molecular flexibility index (Phi) is 8.41. The number of benzene rings is 2. The van der Waals surface area contributed by atoms with E-state index in [0.29, 0.717) is 0 Å². The van der Waals surface area contributed by atoms with Crippen LogP contribution >= 0.6 is 0 Å². The van der Waals surface area contributed by atoms with Gasteiger partial charge in [0, 0.05) is 17.7 Å². The maximum absolute atomic E-state index is 14.0. The van der Waals surface area contributed by atoms with Crippen molar-refractivity contribution < 1.29 is 74.4 Å². The van der Waals surface area contributed by atoms with E-state index < -0.39 is 108 Å². The van der Waals surface area contributed by atoms with Crippen LogP contribution in [0.3, 0.4) is 0 Å². The fraction of sp³-hybridized carbons (Fsp3) is 0.444. The van der Waals surface area contributed by atoms with Crippen molar-refractivity contribution in [1.29, 1.82) is 0 Å². The van der Waals surface area contributed by atoms with E-state index in [2.05, 4.69) is 0 Å². The van der Waals surface area contributed by atoms with Gasteiger partial charge in [0.05, 0.1) is 12.7 Å². The second-order valence-corrected chi connectivity index (χ2v) is 10.2. The van der Waals surface area contributed by atoms with Crippen molar-refractivity contribution in [1.82, 2.24) is 0 Å². The number of phenols is 3. The SMILES string of the molecule is C[C@H]1OC(Oc2c(-c3ccc(O)c(O)c3)oc3cc(O)cc(OC4O[C@H](CO)[C@@H](O)[C@H](O)[C@H]4O)c3c2=O)[C@@H](O)[C@@H](O)[C@@H]1O. The second kappa shape index (κ2) is 11.8. The van der Waals surface area contributed by atoms with Gasteiger partial charge in [0.2, 0.25) is 23.8 Å². The summed E-state index contributed by atoms with van der Waals surface area (Å²) < 4.78 is 28.0. The van der Waals surface area contributed by atoms with Crippen LogP contribution in [0.5, 0.6) is 28.7 Å². The van der Waals surface area contributed by atoms with Crippen molar-refractivity contribution in [3.63, 3.8) is 0 Å². The van der Waals surface area contributed by atoms with Crippen LogP contribution in [0.1, 0.15) is 6.92 Å². The molecule has 2 aliphatic rings. The lowest BCUT2D eigenvalue weighted by atomic mass is 9.99. The average molecular weight is 611 g/mol. The topological polar surface area (TPSA) is 269 Å². The molecular formula is C27H30O16. The van der Waals surface area contributed by atoms with Gasteiger partial charge >= 0.3 is 0 Å². The first-order chi connectivity index (χ1) is 20.3. The molecule has 1 aromatic heterocycles. The van der Waals surface area contributed by atoms with Crippen LogP contribution in [-0.4, -0.2) is 119 Å². The number of hydrogen-bond acceptors (Lipinski definition) is 16. The Bertz CT molecular complexity index is 1540. The van der Waals surface area contributed by atoms with Crippen molar-refractivity contribution in [2.75, 3.05) is 6.61 Å². The summed E-state index contributed by atoms with van der Waals surface area (Å²) in [5.41, 5.74) is -1.37. The lowest BCUT2D eigenvalue weighted by Gasteiger charge is -2.39. The summed E-state index contributed by atoms with van der Waals surface area (Å²) in [6.07, 6.45) is -16.4. The summed E-state index contributed by atoms with van der Waals surface area (Å²) in [4.78, 5) is 14.0. The molecule has 0 aliphatic carbocycles. The lowest BCUT2D eigenvalue weighted by Crippen LogP contribution is -2.60. The zero-order chi connectivity index (χ0) is 31.3. The van der Waals surface area contributed by atoms with Crippen LogP contribution in [0.2, 0.25) is 0 Å². The number of fused-ring (bicyclic) bond motifs is 1. The summed E-state index contributed by atoms with van der Waals surface area (Å²) in [7, 11) is 0. The highest BCUT2D eigenvalue weighted by Crippen LogP contribution is 2.40. The van der Waals surface area contributed by atoms with E-state index >= 15 is 0 Å². The van der Waals surface area contributed by atoms with Gasteiger partial charge in [0.25, 0.3) is 0 Å². The molecule has 0 spiro atoms. The Morgan fingerprint density at radius 3 is 2.07 bits per heavy atom. The molecule has 16 heteroatoms. The Balaban J connectivity index is 1.66. The normalized spacial score (nSPS) is 32.9. The Morgan fingerprint density at radius 1 is 0.767 bits per heavy atom. The molecule has 2 aliphatic heterocycles. The van der Waals surface area contributed by atoms with Gasteiger partial charge in [0.15, 0.2) is 17.3 Å². The fourth-order valence-electron chi connectivity index (χ4n) is 4.82. The molecule has 5 rings (SSSR count). The average Bonchev–Trinajstić information content (AvgIpc) is 2.97. The standard InChI is InChI=1S/C27H30O16/c1-8-17(32)20(35)22(37)26(39-8)43-25-19(34)16-13(40-24(25)9-2-3-11(30)12(31)4-9)5-10(29)6-14(16)41-27-23(38)21(36)18(33)15(7-28)42-27/h2-6,8,15,17-18,20-23,26-33,35-38H,7H2,1H3/t8-,15-,17-,18-,20+,21+,22+,23-,26?,27?/m1/s1. The maximum atomic E-state index is 14.0. The lowest BCUT2D eigenvalue weighted by molar-refractivity contribution is -0.277. The third-order valence-electron chi connectivity index (χ3n) is 7.27. The number of ether oxygens (including phenoxy) is 4. The maximum Gasteiger partial charge on any atom is 0.239 e. The van der Waals surface area contributed by atoms with Crippen LogP contribution in [-0.2, 0) is 9.47 Å². The third kappa shape index (κ3) is 5.55. The quantitative estimate of drug-likeness (QED) is 0.135. The molecule has 0 saturated carbocycles. The molecular weight excluding hydrogens is 580 g/mol. The Morgan fingerprint density at radius 2 is 1.42 bits per heavy atom. The smallest absolute Gasteiger partial charge is 0.239 e. The van der Waals surface area contributed by atoms with Gasteiger partial charge in [-0.3, -0.25) is 4.79 Å².